The first kappa shape index (κ1) is 27.7. The third-order valence-electron chi connectivity index (χ3n) is 5.22. The molecule has 0 unspecified atom stereocenters. The lowest BCUT2D eigenvalue weighted by atomic mass is 10.1. The van der Waals surface area contributed by atoms with Gasteiger partial charge in [0.1, 0.15) is 0 Å². The number of unbranched alkanes of at least 4 members (excludes halogenated alkanes) is 15. The van der Waals surface area contributed by atoms with Crippen molar-refractivity contribution in [3.63, 3.8) is 0 Å². The first-order valence-electron chi connectivity index (χ1n) is 12.4. The van der Waals surface area contributed by atoms with E-state index >= 15 is 0 Å². The molecule has 2 N–H and O–H groups in total. The first-order valence-corrected chi connectivity index (χ1v) is 12.4. The van der Waals surface area contributed by atoms with Crippen LogP contribution in [-0.2, 0) is 4.79 Å². The van der Waals surface area contributed by atoms with Crippen molar-refractivity contribution in [2.24, 2.45) is 4.99 Å². The maximum Gasteiger partial charge on any atom is 0.303 e. The molecule has 1 aliphatic heterocycles. The van der Waals surface area contributed by atoms with Gasteiger partial charge in [0.05, 0.1) is 12.9 Å². The number of carboxylic acid groups (broad SMARTS) is 1. The van der Waals surface area contributed by atoms with E-state index in [2.05, 4.69) is 29.4 Å². The van der Waals surface area contributed by atoms with Crippen molar-refractivity contribution in [3.05, 3.63) is 12.2 Å². The molecule has 0 bridgehead atoms. The fourth-order valence-electron chi connectivity index (χ4n) is 3.38. The Hall–Kier alpha value is -1.32. The zero-order valence-electron chi connectivity index (χ0n) is 19.2. The Bertz CT molecular complexity index is 388. The molecule has 0 saturated carbocycles. The number of hydrogen-bond donors (Lipinski definition) is 2. The van der Waals surface area contributed by atoms with Crippen molar-refractivity contribution in [2.75, 3.05) is 13.1 Å². The molecule has 0 aliphatic carbocycles. The Morgan fingerprint density at radius 1 is 0.828 bits per heavy atom. The molecular formula is C25H48N2O2. The maximum absolute atomic E-state index is 10.4. The van der Waals surface area contributed by atoms with Crippen LogP contribution in [0.25, 0.3) is 0 Å². The van der Waals surface area contributed by atoms with Crippen LogP contribution in [0.5, 0.6) is 0 Å². The van der Waals surface area contributed by atoms with Crippen molar-refractivity contribution in [1.82, 2.24) is 5.32 Å². The minimum absolute atomic E-state index is 0.340. The van der Waals surface area contributed by atoms with Gasteiger partial charge in [-0.1, -0.05) is 96.1 Å². The SMILES string of the molecule is C1=NCCN1.CCCCCCCC/C=C\CCCCCCCCCCCC(=O)O. The molecule has 170 valence electrons. The number of nitrogens with zero attached hydrogens (tertiary/aromatic N) is 1. The number of hydrogen-bond acceptors (Lipinski definition) is 3. The number of aliphatic imine (C=N–C) groups is 1. The minimum Gasteiger partial charge on any atom is -0.481 e. The van der Waals surface area contributed by atoms with Crippen LogP contribution in [0.2, 0.25) is 0 Å². The van der Waals surface area contributed by atoms with Crippen molar-refractivity contribution < 1.29 is 9.90 Å². The highest BCUT2D eigenvalue weighted by Crippen LogP contribution is 2.12. The fourth-order valence-corrected chi connectivity index (χ4v) is 3.38. The Labute approximate surface area is 180 Å². The van der Waals surface area contributed by atoms with Gasteiger partial charge in [-0.15, -0.1) is 0 Å². The lowest BCUT2D eigenvalue weighted by Gasteiger charge is -2.01. The number of aliphatic carboxylic acids is 1. The molecule has 29 heavy (non-hydrogen) atoms. The Balaban J connectivity index is 0.00000135. The van der Waals surface area contributed by atoms with E-state index in [0.717, 1.165) is 25.9 Å². The van der Waals surface area contributed by atoms with E-state index in [1.54, 1.807) is 6.34 Å². The van der Waals surface area contributed by atoms with E-state index in [4.69, 9.17) is 5.11 Å². The van der Waals surface area contributed by atoms with Crippen molar-refractivity contribution >= 4 is 12.3 Å². The lowest BCUT2D eigenvalue weighted by molar-refractivity contribution is -0.137. The van der Waals surface area contributed by atoms with Gasteiger partial charge < -0.3 is 10.4 Å². The maximum atomic E-state index is 10.4. The molecule has 1 aliphatic rings. The summed E-state index contributed by atoms with van der Waals surface area (Å²) in [5.74, 6) is -0.656. The van der Waals surface area contributed by atoms with Crippen molar-refractivity contribution in [2.45, 2.75) is 122 Å². The highest BCUT2D eigenvalue weighted by Gasteiger charge is 1.96. The van der Waals surface area contributed by atoms with E-state index in [-0.39, 0.29) is 0 Å². The topological polar surface area (TPSA) is 61.7 Å². The van der Waals surface area contributed by atoms with Crippen LogP contribution in [-0.4, -0.2) is 30.5 Å². The van der Waals surface area contributed by atoms with Crippen LogP contribution in [0, 0.1) is 0 Å². The molecule has 1 rings (SSSR count). The van der Waals surface area contributed by atoms with Gasteiger partial charge in [-0.25, -0.2) is 0 Å². The second kappa shape index (κ2) is 24.7. The van der Waals surface area contributed by atoms with E-state index in [0.29, 0.717) is 6.42 Å². The second-order valence-corrected chi connectivity index (χ2v) is 8.13. The van der Waals surface area contributed by atoms with Gasteiger partial charge in [-0.2, -0.15) is 0 Å². The zero-order chi connectivity index (χ0) is 21.3. The smallest absolute Gasteiger partial charge is 0.303 e. The van der Waals surface area contributed by atoms with E-state index < -0.39 is 5.97 Å². The van der Waals surface area contributed by atoms with Gasteiger partial charge in [-0.05, 0) is 32.1 Å². The summed E-state index contributed by atoms with van der Waals surface area (Å²) in [6.07, 6.45) is 28.9. The largest absolute Gasteiger partial charge is 0.481 e. The summed E-state index contributed by atoms with van der Waals surface area (Å²) in [7, 11) is 0. The molecule has 4 nitrogen and oxygen atoms in total. The first-order chi connectivity index (χ1) is 14.3. The summed E-state index contributed by atoms with van der Waals surface area (Å²) in [4.78, 5) is 14.2. The molecule has 0 aromatic carbocycles. The molecule has 1 heterocycles. The standard InChI is InChI=1S/C22H42O2.C3H6N2/c1-2-3-4-5-6-7-8-9-10-11-12-13-14-15-16-17-18-19-20-21-22(23)24;1-2-5-3-4-1/h9-10H,2-8,11-21H2,1H3,(H,23,24);3H,1-2H2,(H,4,5)/b10-9-;. The highest BCUT2D eigenvalue weighted by molar-refractivity contribution is 5.66. The lowest BCUT2D eigenvalue weighted by Crippen LogP contribution is -2.04. The minimum atomic E-state index is -0.656. The van der Waals surface area contributed by atoms with Crippen LogP contribution in [0.4, 0.5) is 0 Å². The van der Waals surface area contributed by atoms with Crippen LogP contribution in [0.3, 0.4) is 0 Å². The summed E-state index contributed by atoms with van der Waals surface area (Å²) < 4.78 is 0. The van der Waals surface area contributed by atoms with Gasteiger partial charge in [0.25, 0.3) is 0 Å². The van der Waals surface area contributed by atoms with Crippen molar-refractivity contribution in [1.29, 1.82) is 0 Å². The normalized spacial score (nSPS) is 12.7. The van der Waals surface area contributed by atoms with Crippen LogP contribution < -0.4 is 5.32 Å². The molecule has 0 aromatic heterocycles. The summed E-state index contributed by atoms with van der Waals surface area (Å²) in [5, 5.41) is 11.5. The Morgan fingerprint density at radius 3 is 1.69 bits per heavy atom. The zero-order valence-corrected chi connectivity index (χ0v) is 19.2. The summed E-state index contributed by atoms with van der Waals surface area (Å²) in [6, 6.07) is 0. The van der Waals surface area contributed by atoms with Gasteiger partial charge >= 0.3 is 5.97 Å². The van der Waals surface area contributed by atoms with E-state index in [9.17, 15) is 4.79 Å². The molecule has 0 amide bonds. The number of carbonyl (C=O) groups is 1. The van der Waals surface area contributed by atoms with E-state index in [1.165, 1.54) is 96.3 Å². The third kappa shape index (κ3) is 26.7. The second-order valence-electron chi connectivity index (χ2n) is 8.13. The number of carboxylic acids is 1. The summed E-state index contributed by atoms with van der Waals surface area (Å²) in [5.41, 5.74) is 0. The predicted octanol–water partition coefficient (Wildman–Crippen LogP) is 7.29. The molecule has 0 fully saturated rings. The third-order valence-corrected chi connectivity index (χ3v) is 5.22. The van der Waals surface area contributed by atoms with Gasteiger partial charge in [0.15, 0.2) is 0 Å². The monoisotopic (exact) mass is 408 g/mol. The molecule has 0 atom stereocenters. The highest BCUT2D eigenvalue weighted by atomic mass is 16.4. The average molecular weight is 409 g/mol. The molecule has 0 spiro atoms. The fraction of sp³-hybridized carbons (Fsp3) is 0.840. The molecular weight excluding hydrogens is 360 g/mol. The summed E-state index contributed by atoms with van der Waals surface area (Å²) in [6.45, 7) is 4.26. The van der Waals surface area contributed by atoms with Crippen LogP contribution in [0.15, 0.2) is 17.1 Å². The van der Waals surface area contributed by atoms with Gasteiger partial charge in [-0.3, -0.25) is 9.79 Å². The van der Waals surface area contributed by atoms with Gasteiger partial charge in [0, 0.05) is 13.0 Å². The van der Waals surface area contributed by atoms with E-state index in [1.807, 2.05) is 0 Å². The molecule has 0 saturated heterocycles. The number of allylic oxidation sites excluding steroid dienone is 2. The number of nitrogens with one attached hydrogen (secondary N) is 1. The van der Waals surface area contributed by atoms with Crippen LogP contribution >= 0.6 is 0 Å². The van der Waals surface area contributed by atoms with Crippen LogP contribution in [0.1, 0.15) is 122 Å². The molecule has 4 heteroatoms. The molecule has 0 aromatic rings. The predicted molar refractivity (Wildman–Crippen MR) is 127 cm³/mol. The quantitative estimate of drug-likeness (QED) is 0.174. The molecule has 0 radical (unpaired) electrons. The number of rotatable bonds is 19. The average Bonchev–Trinajstić information content (AvgIpc) is 3.30. The Morgan fingerprint density at radius 2 is 1.31 bits per heavy atom. The van der Waals surface area contributed by atoms with Gasteiger partial charge in [0.2, 0.25) is 0 Å². The van der Waals surface area contributed by atoms with Crippen molar-refractivity contribution in [3.8, 4) is 0 Å². The Kier molecular flexibility index (Phi) is 23.6. The summed E-state index contributed by atoms with van der Waals surface area (Å²) >= 11 is 0.